The maximum Gasteiger partial charge on any atom is 0.242 e. The van der Waals surface area contributed by atoms with E-state index < -0.39 is 0 Å². The van der Waals surface area contributed by atoms with Gasteiger partial charge in [-0.1, -0.05) is 5.10 Å². The molecular formula is C13H23N7OS. The summed E-state index contributed by atoms with van der Waals surface area (Å²) < 4.78 is 1.31. The SMILES string of the molecule is Nc1nnnn1CC(=O)NC1CCN(C2CCSCC2)CC1. The first-order valence-corrected chi connectivity index (χ1v) is 9.00. The quantitative estimate of drug-likeness (QED) is 0.785. The van der Waals surface area contributed by atoms with Gasteiger partial charge in [-0.25, -0.2) is 4.68 Å². The fraction of sp³-hybridized carbons (Fsp3) is 0.846. The van der Waals surface area contributed by atoms with Gasteiger partial charge in [0.15, 0.2) is 0 Å². The highest BCUT2D eigenvalue weighted by atomic mass is 32.2. The zero-order valence-electron chi connectivity index (χ0n) is 12.6. The number of tetrazole rings is 1. The molecule has 0 atom stereocenters. The highest BCUT2D eigenvalue weighted by molar-refractivity contribution is 7.99. The van der Waals surface area contributed by atoms with Crippen LogP contribution < -0.4 is 11.1 Å². The van der Waals surface area contributed by atoms with Crippen LogP contribution in [0.5, 0.6) is 0 Å². The predicted molar refractivity (Wildman–Crippen MR) is 85.3 cm³/mol. The number of rotatable bonds is 4. The zero-order valence-corrected chi connectivity index (χ0v) is 13.5. The van der Waals surface area contributed by atoms with Crippen molar-refractivity contribution in [3.8, 4) is 0 Å². The Morgan fingerprint density at radius 3 is 2.64 bits per heavy atom. The highest BCUT2D eigenvalue weighted by Gasteiger charge is 2.27. The summed E-state index contributed by atoms with van der Waals surface area (Å²) in [6.45, 7) is 2.24. The number of piperidine rings is 1. The molecule has 0 saturated carbocycles. The lowest BCUT2D eigenvalue weighted by Gasteiger charge is -2.39. The van der Waals surface area contributed by atoms with Crippen molar-refractivity contribution >= 4 is 23.6 Å². The number of nitrogens with zero attached hydrogens (tertiary/aromatic N) is 5. The minimum Gasteiger partial charge on any atom is -0.367 e. The first-order chi connectivity index (χ1) is 10.7. The molecule has 0 bridgehead atoms. The van der Waals surface area contributed by atoms with Gasteiger partial charge in [-0.15, -0.1) is 0 Å². The summed E-state index contributed by atoms with van der Waals surface area (Å²) in [5.74, 6) is 2.66. The second-order valence-electron chi connectivity index (χ2n) is 5.92. The van der Waals surface area contributed by atoms with Crippen molar-refractivity contribution in [3.63, 3.8) is 0 Å². The number of likely N-dealkylation sites (tertiary alicyclic amines) is 1. The van der Waals surface area contributed by atoms with Crippen molar-refractivity contribution in [2.24, 2.45) is 0 Å². The van der Waals surface area contributed by atoms with Gasteiger partial charge in [0.1, 0.15) is 6.54 Å². The van der Waals surface area contributed by atoms with Crippen LogP contribution >= 0.6 is 11.8 Å². The van der Waals surface area contributed by atoms with Crippen LogP contribution in [-0.2, 0) is 11.3 Å². The van der Waals surface area contributed by atoms with Crippen LogP contribution in [0.25, 0.3) is 0 Å². The van der Waals surface area contributed by atoms with Gasteiger partial charge < -0.3 is 16.0 Å². The predicted octanol–water partition coefficient (Wildman–Crippen LogP) is -0.268. The molecule has 2 fully saturated rings. The van der Waals surface area contributed by atoms with E-state index in [1.165, 1.54) is 29.0 Å². The Kier molecular flexibility index (Phi) is 5.14. The zero-order chi connectivity index (χ0) is 15.4. The average molecular weight is 325 g/mol. The molecule has 22 heavy (non-hydrogen) atoms. The second kappa shape index (κ2) is 7.28. The van der Waals surface area contributed by atoms with E-state index in [0.29, 0.717) is 0 Å². The fourth-order valence-electron chi connectivity index (χ4n) is 3.19. The normalized spacial score (nSPS) is 21.8. The molecule has 0 aliphatic carbocycles. The molecule has 3 rings (SSSR count). The van der Waals surface area contributed by atoms with Gasteiger partial charge in [0, 0.05) is 25.2 Å². The summed E-state index contributed by atoms with van der Waals surface area (Å²) in [5, 5.41) is 13.8. The summed E-state index contributed by atoms with van der Waals surface area (Å²) >= 11 is 2.06. The number of hydrogen-bond donors (Lipinski definition) is 2. The van der Waals surface area contributed by atoms with Crippen molar-refractivity contribution in [3.05, 3.63) is 0 Å². The van der Waals surface area contributed by atoms with E-state index in [0.717, 1.165) is 32.0 Å². The topological polar surface area (TPSA) is 102 Å². The van der Waals surface area contributed by atoms with E-state index >= 15 is 0 Å². The Morgan fingerprint density at radius 2 is 2.00 bits per heavy atom. The van der Waals surface area contributed by atoms with Crippen molar-refractivity contribution in [1.82, 2.24) is 30.4 Å². The molecule has 122 valence electrons. The molecule has 9 heteroatoms. The Hall–Kier alpha value is -1.35. The van der Waals surface area contributed by atoms with Crippen LogP contribution in [0.3, 0.4) is 0 Å². The standard InChI is InChI=1S/C13H23N7OS/c14-13-16-17-18-20(13)9-12(21)15-10-1-5-19(6-2-10)11-3-7-22-8-4-11/h10-11H,1-9H2,(H,15,21)(H2,14,16,18). The first kappa shape index (κ1) is 15.5. The number of hydrogen-bond acceptors (Lipinski definition) is 7. The minimum absolute atomic E-state index is 0.0773. The van der Waals surface area contributed by atoms with Gasteiger partial charge in [-0.3, -0.25) is 4.79 Å². The van der Waals surface area contributed by atoms with Gasteiger partial charge in [0.25, 0.3) is 0 Å². The lowest BCUT2D eigenvalue weighted by Crippen LogP contribution is -2.49. The van der Waals surface area contributed by atoms with Crippen LogP contribution in [0.4, 0.5) is 5.95 Å². The molecule has 3 N–H and O–H groups in total. The van der Waals surface area contributed by atoms with Crippen LogP contribution in [0.1, 0.15) is 25.7 Å². The number of aromatic nitrogens is 4. The van der Waals surface area contributed by atoms with Crippen molar-refractivity contribution in [2.75, 3.05) is 30.3 Å². The molecule has 0 aromatic carbocycles. The summed E-state index contributed by atoms with van der Waals surface area (Å²) in [7, 11) is 0. The largest absolute Gasteiger partial charge is 0.367 e. The van der Waals surface area contributed by atoms with Gasteiger partial charge in [-0.05, 0) is 47.6 Å². The number of nitrogen functional groups attached to an aromatic ring is 1. The maximum absolute atomic E-state index is 12.0. The summed E-state index contributed by atoms with van der Waals surface area (Å²) in [6, 6.07) is 0.998. The molecule has 1 aromatic rings. The van der Waals surface area contributed by atoms with Crippen molar-refractivity contribution in [2.45, 2.75) is 44.3 Å². The Balaban J connectivity index is 1.41. The maximum atomic E-state index is 12.0. The van der Waals surface area contributed by atoms with Gasteiger partial charge in [0.2, 0.25) is 11.9 Å². The van der Waals surface area contributed by atoms with Crippen LogP contribution in [0, 0.1) is 0 Å². The van der Waals surface area contributed by atoms with E-state index in [9.17, 15) is 4.79 Å². The van der Waals surface area contributed by atoms with Crippen LogP contribution in [0.15, 0.2) is 0 Å². The first-order valence-electron chi connectivity index (χ1n) is 7.85. The molecule has 2 aliphatic heterocycles. The number of nitrogens with one attached hydrogen (secondary N) is 1. The molecule has 0 unspecified atom stereocenters. The van der Waals surface area contributed by atoms with Gasteiger partial charge >= 0.3 is 0 Å². The minimum atomic E-state index is -0.0773. The van der Waals surface area contributed by atoms with E-state index in [1.807, 2.05) is 0 Å². The molecule has 2 aliphatic rings. The van der Waals surface area contributed by atoms with E-state index in [2.05, 4.69) is 37.5 Å². The third-order valence-corrected chi connectivity index (χ3v) is 5.50. The smallest absolute Gasteiger partial charge is 0.242 e. The third-order valence-electron chi connectivity index (χ3n) is 4.45. The second-order valence-corrected chi connectivity index (χ2v) is 7.14. The average Bonchev–Trinajstić information content (AvgIpc) is 2.94. The van der Waals surface area contributed by atoms with Crippen LogP contribution in [-0.4, -0.2) is 67.7 Å². The number of thioether (sulfide) groups is 1. The van der Waals surface area contributed by atoms with Gasteiger partial charge in [0.05, 0.1) is 0 Å². The molecular weight excluding hydrogens is 302 g/mol. The lowest BCUT2D eigenvalue weighted by molar-refractivity contribution is -0.122. The summed E-state index contributed by atoms with van der Waals surface area (Å²) in [6.07, 6.45) is 4.64. The Bertz CT molecular complexity index is 494. The van der Waals surface area contributed by atoms with Gasteiger partial charge in [-0.2, -0.15) is 11.8 Å². The summed E-state index contributed by atoms with van der Waals surface area (Å²) in [4.78, 5) is 14.6. The van der Waals surface area contributed by atoms with E-state index in [-0.39, 0.29) is 24.4 Å². The summed E-state index contributed by atoms with van der Waals surface area (Å²) in [5.41, 5.74) is 5.56. The number of carbonyl (C=O) groups is 1. The molecule has 1 aromatic heterocycles. The monoisotopic (exact) mass is 325 g/mol. The Morgan fingerprint density at radius 1 is 1.27 bits per heavy atom. The molecule has 0 spiro atoms. The van der Waals surface area contributed by atoms with Crippen LogP contribution in [0.2, 0.25) is 0 Å². The van der Waals surface area contributed by atoms with E-state index in [1.54, 1.807) is 0 Å². The highest BCUT2D eigenvalue weighted by Crippen LogP contribution is 2.24. The fourth-order valence-corrected chi connectivity index (χ4v) is 4.27. The number of nitrogens with two attached hydrogens (primary N) is 1. The molecule has 8 nitrogen and oxygen atoms in total. The molecule has 1 amide bonds. The molecule has 2 saturated heterocycles. The third kappa shape index (κ3) is 3.89. The van der Waals surface area contributed by atoms with E-state index in [4.69, 9.17) is 5.73 Å². The number of anilines is 1. The molecule has 3 heterocycles. The lowest BCUT2D eigenvalue weighted by atomic mass is 10.0. The van der Waals surface area contributed by atoms with Crippen molar-refractivity contribution in [1.29, 1.82) is 0 Å². The number of carbonyl (C=O) groups excluding carboxylic acids is 1. The number of amides is 1. The molecule has 0 radical (unpaired) electrons. The Labute approximate surface area is 134 Å². The van der Waals surface area contributed by atoms with Crippen molar-refractivity contribution < 1.29 is 4.79 Å².